The molecule has 2 aromatic rings. The molecule has 0 atom stereocenters. The average Bonchev–Trinajstić information content (AvgIpc) is 2.58. The average molecular weight is 349 g/mol. The Balaban J connectivity index is 1.53. The van der Waals surface area contributed by atoms with E-state index >= 15 is 0 Å². The zero-order valence-electron chi connectivity index (χ0n) is 13.3. The summed E-state index contributed by atoms with van der Waals surface area (Å²) >= 11 is 5.99. The summed E-state index contributed by atoms with van der Waals surface area (Å²) in [5.41, 5.74) is 1.06. The number of para-hydroxylation sites is 1. The van der Waals surface area contributed by atoms with Crippen LogP contribution in [0.25, 0.3) is 0 Å². The molecule has 0 spiro atoms. The van der Waals surface area contributed by atoms with E-state index in [-0.39, 0.29) is 11.8 Å². The van der Waals surface area contributed by atoms with E-state index in [0.717, 1.165) is 5.56 Å². The Hall–Kier alpha value is -2.40. The molecule has 128 valence electrons. The van der Waals surface area contributed by atoms with Crippen molar-refractivity contribution in [2.75, 3.05) is 19.7 Å². The van der Waals surface area contributed by atoms with Gasteiger partial charge in [-0.25, -0.2) is 4.79 Å². The molecule has 0 aliphatic rings. The maximum Gasteiger partial charge on any atom is 0.314 e. The van der Waals surface area contributed by atoms with Gasteiger partial charge in [-0.15, -0.1) is 0 Å². The molecular weight excluding hydrogens is 328 g/mol. The summed E-state index contributed by atoms with van der Waals surface area (Å²) < 4.78 is 5.54. The molecule has 2 amide bonds. The van der Waals surface area contributed by atoms with Gasteiger partial charge in [0.2, 0.25) is 0 Å². The molecule has 0 saturated carbocycles. The van der Waals surface area contributed by atoms with Crippen molar-refractivity contribution in [3.05, 3.63) is 59.1 Å². The van der Waals surface area contributed by atoms with Gasteiger partial charge in [-0.3, -0.25) is 0 Å². The molecule has 0 bridgehead atoms. The Morgan fingerprint density at radius 1 is 1.04 bits per heavy atom. The molecule has 2 rings (SSSR count). The van der Waals surface area contributed by atoms with Crippen LogP contribution in [0.1, 0.15) is 12.0 Å². The van der Waals surface area contributed by atoms with E-state index in [2.05, 4.69) is 10.6 Å². The lowest BCUT2D eigenvalue weighted by atomic mass is 10.1. The van der Waals surface area contributed by atoms with Crippen LogP contribution in [0.2, 0.25) is 5.02 Å². The smallest absolute Gasteiger partial charge is 0.314 e. The summed E-state index contributed by atoms with van der Waals surface area (Å²) in [4.78, 5) is 11.7. The number of nitrogens with one attached hydrogen (secondary N) is 2. The van der Waals surface area contributed by atoms with Crippen LogP contribution in [0.3, 0.4) is 0 Å². The number of carbonyl (C=O) groups excluding carboxylic acids is 1. The molecule has 0 aliphatic carbocycles. The van der Waals surface area contributed by atoms with E-state index < -0.39 is 0 Å². The first kappa shape index (κ1) is 17.9. The van der Waals surface area contributed by atoms with E-state index in [1.54, 1.807) is 18.2 Å². The van der Waals surface area contributed by atoms with Crippen LogP contribution in [0.15, 0.2) is 48.5 Å². The number of phenolic OH excluding ortho intramolecular Hbond substituents is 1. The predicted molar refractivity (Wildman–Crippen MR) is 94.8 cm³/mol. The van der Waals surface area contributed by atoms with Crippen molar-refractivity contribution in [1.29, 1.82) is 0 Å². The molecule has 0 aliphatic heterocycles. The first-order chi connectivity index (χ1) is 11.6. The van der Waals surface area contributed by atoms with Crippen LogP contribution in [0.4, 0.5) is 4.79 Å². The normalized spacial score (nSPS) is 10.2. The quantitative estimate of drug-likeness (QED) is 0.641. The molecule has 0 heterocycles. The number of ether oxygens (including phenoxy) is 1. The van der Waals surface area contributed by atoms with Crippen LogP contribution in [0, 0.1) is 0 Å². The minimum absolute atomic E-state index is 0.202. The third-order valence-electron chi connectivity index (χ3n) is 3.34. The number of phenols is 1. The van der Waals surface area contributed by atoms with E-state index in [4.69, 9.17) is 16.3 Å². The van der Waals surface area contributed by atoms with Crippen molar-refractivity contribution in [2.45, 2.75) is 12.8 Å². The maximum atomic E-state index is 11.7. The summed E-state index contributed by atoms with van der Waals surface area (Å²) in [6.45, 7) is 1.54. The monoisotopic (exact) mass is 348 g/mol. The van der Waals surface area contributed by atoms with Gasteiger partial charge in [-0.1, -0.05) is 35.9 Å². The van der Waals surface area contributed by atoms with E-state index in [0.29, 0.717) is 43.3 Å². The second kappa shape index (κ2) is 9.67. The second-order valence-electron chi connectivity index (χ2n) is 5.23. The lowest BCUT2D eigenvalue weighted by Gasteiger charge is -2.09. The number of halogens is 1. The summed E-state index contributed by atoms with van der Waals surface area (Å²) in [5, 5.41) is 15.3. The summed E-state index contributed by atoms with van der Waals surface area (Å²) in [6, 6.07) is 14.0. The van der Waals surface area contributed by atoms with E-state index in [1.165, 1.54) is 0 Å². The van der Waals surface area contributed by atoms with Crippen molar-refractivity contribution in [3.63, 3.8) is 0 Å². The number of amides is 2. The molecule has 0 radical (unpaired) electrons. The highest BCUT2D eigenvalue weighted by Gasteiger charge is 2.01. The van der Waals surface area contributed by atoms with Crippen molar-refractivity contribution in [2.24, 2.45) is 0 Å². The highest BCUT2D eigenvalue weighted by atomic mass is 35.5. The summed E-state index contributed by atoms with van der Waals surface area (Å²) in [6.07, 6.45) is 1.40. The number of benzene rings is 2. The Bertz CT molecular complexity index is 647. The van der Waals surface area contributed by atoms with E-state index in [9.17, 15) is 9.90 Å². The summed E-state index contributed by atoms with van der Waals surface area (Å²) in [7, 11) is 0. The topological polar surface area (TPSA) is 70.6 Å². The number of carbonyl (C=O) groups is 1. The van der Waals surface area contributed by atoms with Crippen molar-refractivity contribution in [3.8, 4) is 11.5 Å². The first-order valence-corrected chi connectivity index (χ1v) is 8.20. The number of aromatic hydroxyl groups is 1. The van der Waals surface area contributed by atoms with Crippen LogP contribution in [0.5, 0.6) is 11.5 Å². The van der Waals surface area contributed by atoms with Crippen LogP contribution in [-0.4, -0.2) is 30.8 Å². The molecule has 0 unspecified atom stereocenters. The fourth-order valence-corrected chi connectivity index (χ4v) is 2.25. The van der Waals surface area contributed by atoms with E-state index in [1.807, 2.05) is 30.3 Å². The molecule has 6 heteroatoms. The lowest BCUT2D eigenvalue weighted by Crippen LogP contribution is -2.37. The molecule has 3 N–H and O–H groups in total. The minimum atomic E-state index is -0.202. The van der Waals surface area contributed by atoms with Gasteiger partial charge in [0.15, 0.2) is 0 Å². The fourth-order valence-electron chi connectivity index (χ4n) is 2.06. The Morgan fingerprint density at radius 3 is 2.50 bits per heavy atom. The predicted octanol–water partition coefficient (Wildman–Crippen LogP) is 3.36. The zero-order chi connectivity index (χ0) is 17.2. The highest BCUT2D eigenvalue weighted by molar-refractivity contribution is 6.32. The molecule has 24 heavy (non-hydrogen) atoms. The molecule has 5 nitrogen and oxygen atoms in total. The fraction of sp³-hybridized carbons (Fsp3) is 0.278. The minimum Gasteiger partial charge on any atom is -0.508 e. The van der Waals surface area contributed by atoms with Crippen LogP contribution < -0.4 is 15.4 Å². The van der Waals surface area contributed by atoms with Crippen molar-refractivity contribution >= 4 is 17.6 Å². The van der Waals surface area contributed by atoms with Crippen molar-refractivity contribution < 1.29 is 14.6 Å². The van der Waals surface area contributed by atoms with Crippen LogP contribution >= 0.6 is 11.6 Å². The molecule has 2 aromatic carbocycles. The summed E-state index contributed by atoms with van der Waals surface area (Å²) in [5.74, 6) is 0.890. The second-order valence-corrected chi connectivity index (χ2v) is 5.64. The van der Waals surface area contributed by atoms with Gasteiger partial charge < -0.3 is 20.5 Å². The standard InChI is InChI=1S/C18H21ClN2O3/c19-16-4-1-2-5-17(16)24-13-3-11-20-18(23)21-12-10-14-6-8-15(22)9-7-14/h1-2,4-9,22H,3,10-13H2,(H2,20,21,23). The third kappa shape index (κ3) is 6.38. The highest BCUT2D eigenvalue weighted by Crippen LogP contribution is 2.22. The van der Waals surface area contributed by atoms with Gasteiger partial charge in [0.1, 0.15) is 11.5 Å². The molecule has 0 aromatic heterocycles. The Kier molecular flexibility index (Phi) is 7.23. The number of rotatable bonds is 8. The van der Waals surface area contributed by atoms with Crippen molar-refractivity contribution in [1.82, 2.24) is 10.6 Å². The number of hydrogen-bond acceptors (Lipinski definition) is 3. The SMILES string of the molecule is O=C(NCCCOc1ccccc1Cl)NCCc1ccc(O)cc1. The lowest BCUT2D eigenvalue weighted by molar-refractivity contribution is 0.239. The molecule has 0 fully saturated rings. The van der Waals surface area contributed by atoms with Gasteiger partial charge in [-0.2, -0.15) is 0 Å². The Morgan fingerprint density at radius 2 is 1.75 bits per heavy atom. The Labute approximate surface area is 146 Å². The largest absolute Gasteiger partial charge is 0.508 e. The van der Waals surface area contributed by atoms with Gasteiger partial charge in [0.05, 0.1) is 11.6 Å². The van der Waals surface area contributed by atoms with Gasteiger partial charge in [-0.05, 0) is 42.7 Å². The van der Waals surface area contributed by atoms with Gasteiger partial charge >= 0.3 is 6.03 Å². The first-order valence-electron chi connectivity index (χ1n) is 7.82. The van der Waals surface area contributed by atoms with Crippen LogP contribution in [-0.2, 0) is 6.42 Å². The number of hydrogen-bond donors (Lipinski definition) is 3. The third-order valence-corrected chi connectivity index (χ3v) is 3.65. The van der Waals surface area contributed by atoms with Gasteiger partial charge in [0, 0.05) is 13.1 Å². The zero-order valence-corrected chi connectivity index (χ0v) is 14.1. The molecular formula is C18H21ClN2O3. The number of urea groups is 1. The molecule has 0 saturated heterocycles. The van der Waals surface area contributed by atoms with Gasteiger partial charge in [0.25, 0.3) is 0 Å². The maximum absolute atomic E-state index is 11.7.